The van der Waals surface area contributed by atoms with Crippen molar-refractivity contribution >= 4 is 17.4 Å². The first-order chi connectivity index (χ1) is 9.51. The van der Waals surface area contributed by atoms with Crippen LogP contribution in [-0.4, -0.2) is 29.0 Å². The number of hydrogen-bond donors (Lipinski definition) is 2. The van der Waals surface area contributed by atoms with Gasteiger partial charge >= 0.3 is 0 Å². The van der Waals surface area contributed by atoms with Crippen LogP contribution in [0.2, 0.25) is 5.02 Å². The van der Waals surface area contributed by atoms with Crippen LogP contribution in [0.25, 0.3) is 0 Å². The molecule has 3 N–H and O–H groups in total. The molecule has 1 heterocycles. The molecule has 0 aromatic heterocycles. The largest absolute Gasteiger partial charge is 0.409 e. The van der Waals surface area contributed by atoms with E-state index in [0.29, 0.717) is 10.6 Å². The average Bonchev–Trinajstić information content (AvgIpc) is 2.44. The monoisotopic (exact) mass is 295 g/mol. The van der Waals surface area contributed by atoms with Gasteiger partial charge < -0.3 is 10.9 Å². The Morgan fingerprint density at radius 3 is 2.80 bits per heavy atom. The van der Waals surface area contributed by atoms with Gasteiger partial charge in [-0.25, -0.2) is 0 Å². The fourth-order valence-corrected chi connectivity index (χ4v) is 2.87. The zero-order chi connectivity index (χ0) is 14.7. The summed E-state index contributed by atoms with van der Waals surface area (Å²) >= 11 is 6.30. The molecule has 110 valence electrons. The Hall–Kier alpha value is -1.26. The Labute approximate surface area is 125 Å². The van der Waals surface area contributed by atoms with Gasteiger partial charge in [0.15, 0.2) is 5.84 Å². The van der Waals surface area contributed by atoms with E-state index in [1.165, 1.54) is 6.42 Å². The quantitative estimate of drug-likeness (QED) is 0.390. The fourth-order valence-electron chi connectivity index (χ4n) is 2.63. The molecule has 0 saturated carbocycles. The van der Waals surface area contributed by atoms with Crippen molar-refractivity contribution in [3.8, 4) is 0 Å². The lowest BCUT2D eigenvalue weighted by atomic mass is 9.88. The fraction of sp³-hybridized carbons (Fsp3) is 0.533. The lowest BCUT2D eigenvalue weighted by molar-refractivity contribution is 0.132. The van der Waals surface area contributed by atoms with Crippen LogP contribution in [-0.2, 0) is 6.54 Å². The first kappa shape index (κ1) is 15.1. The highest BCUT2D eigenvalue weighted by molar-refractivity contribution is 6.31. The first-order valence-corrected chi connectivity index (χ1v) is 7.37. The van der Waals surface area contributed by atoms with Crippen LogP contribution >= 0.6 is 11.6 Å². The molecule has 20 heavy (non-hydrogen) atoms. The Bertz CT molecular complexity index is 504. The second-order valence-electron chi connectivity index (χ2n) is 5.77. The van der Waals surface area contributed by atoms with Gasteiger partial charge in [-0.2, -0.15) is 0 Å². The first-order valence-electron chi connectivity index (χ1n) is 7.00. The number of rotatable bonds is 3. The SMILES string of the molecule is CC1CCN(Cc2ccc(/C(N)=N/O)cc2Cl)CC1C. The van der Waals surface area contributed by atoms with Crippen molar-refractivity contribution in [1.82, 2.24) is 4.90 Å². The van der Waals surface area contributed by atoms with E-state index in [2.05, 4.69) is 23.9 Å². The molecular formula is C15H22ClN3O. The lowest BCUT2D eigenvalue weighted by Gasteiger charge is -2.35. The smallest absolute Gasteiger partial charge is 0.170 e. The minimum atomic E-state index is 0.0823. The Kier molecular flexibility index (Phi) is 4.89. The number of hydrogen-bond acceptors (Lipinski definition) is 3. The molecule has 1 saturated heterocycles. The third-order valence-electron chi connectivity index (χ3n) is 4.27. The maximum Gasteiger partial charge on any atom is 0.170 e. The molecule has 1 aromatic rings. The highest BCUT2D eigenvalue weighted by Crippen LogP contribution is 2.26. The highest BCUT2D eigenvalue weighted by atomic mass is 35.5. The van der Waals surface area contributed by atoms with Gasteiger partial charge in [0.1, 0.15) is 0 Å². The molecule has 1 fully saturated rings. The number of oxime groups is 1. The maximum absolute atomic E-state index is 8.68. The Morgan fingerprint density at radius 1 is 1.45 bits per heavy atom. The van der Waals surface area contributed by atoms with Crippen LogP contribution in [0.4, 0.5) is 0 Å². The number of piperidine rings is 1. The van der Waals surface area contributed by atoms with Gasteiger partial charge in [0, 0.05) is 23.7 Å². The van der Waals surface area contributed by atoms with Gasteiger partial charge in [-0.15, -0.1) is 0 Å². The molecule has 0 spiro atoms. The summed E-state index contributed by atoms with van der Waals surface area (Å²) < 4.78 is 0. The molecule has 2 rings (SSSR count). The molecule has 0 aliphatic carbocycles. The van der Waals surface area contributed by atoms with Gasteiger partial charge in [0.2, 0.25) is 0 Å². The van der Waals surface area contributed by atoms with Crippen molar-refractivity contribution in [3.05, 3.63) is 34.3 Å². The minimum Gasteiger partial charge on any atom is -0.409 e. The summed E-state index contributed by atoms with van der Waals surface area (Å²) in [5.74, 6) is 1.60. The van der Waals surface area contributed by atoms with E-state index in [-0.39, 0.29) is 5.84 Å². The number of benzene rings is 1. The van der Waals surface area contributed by atoms with Gasteiger partial charge in [0.25, 0.3) is 0 Å². The molecule has 4 nitrogen and oxygen atoms in total. The van der Waals surface area contributed by atoms with Crippen molar-refractivity contribution < 1.29 is 5.21 Å². The molecule has 2 unspecified atom stereocenters. The van der Waals surface area contributed by atoms with Crippen LogP contribution in [0.1, 0.15) is 31.4 Å². The maximum atomic E-state index is 8.68. The summed E-state index contributed by atoms with van der Waals surface area (Å²) in [7, 11) is 0. The predicted octanol–water partition coefficient (Wildman–Crippen LogP) is 2.91. The summed E-state index contributed by atoms with van der Waals surface area (Å²) in [6, 6.07) is 5.55. The molecule has 0 radical (unpaired) electrons. The van der Waals surface area contributed by atoms with Gasteiger partial charge in [-0.1, -0.05) is 42.7 Å². The normalized spacial score (nSPS) is 24.9. The third-order valence-corrected chi connectivity index (χ3v) is 4.62. The van der Waals surface area contributed by atoms with Crippen LogP contribution in [0.3, 0.4) is 0 Å². The van der Waals surface area contributed by atoms with E-state index in [0.717, 1.165) is 37.0 Å². The molecule has 1 aliphatic rings. The standard InChI is InChI=1S/C15H22ClN3O/c1-10-5-6-19(8-11(10)2)9-13-4-3-12(7-14(13)16)15(17)18-20/h3-4,7,10-11,20H,5-6,8-9H2,1-2H3,(H2,17,18). The number of halogens is 1. The van der Waals surface area contributed by atoms with Gasteiger partial charge in [0.05, 0.1) is 0 Å². The molecule has 0 amide bonds. The Morgan fingerprint density at radius 2 is 2.20 bits per heavy atom. The van der Waals surface area contributed by atoms with Crippen molar-refractivity contribution in [1.29, 1.82) is 0 Å². The molecule has 2 atom stereocenters. The number of nitrogens with two attached hydrogens (primary N) is 1. The molecule has 1 aromatic carbocycles. The minimum absolute atomic E-state index is 0.0823. The average molecular weight is 296 g/mol. The number of likely N-dealkylation sites (tertiary alicyclic amines) is 1. The second kappa shape index (κ2) is 6.46. The Balaban J connectivity index is 2.07. The van der Waals surface area contributed by atoms with Gasteiger partial charge in [-0.3, -0.25) is 4.90 Å². The van der Waals surface area contributed by atoms with E-state index in [1.807, 2.05) is 12.1 Å². The summed E-state index contributed by atoms with van der Waals surface area (Å²) in [5, 5.41) is 12.3. The second-order valence-corrected chi connectivity index (χ2v) is 6.18. The summed E-state index contributed by atoms with van der Waals surface area (Å²) in [6.45, 7) is 7.70. The zero-order valence-corrected chi connectivity index (χ0v) is 12.8. The zero-order valence-electron chi connectivity index (χ0n) is 12.0. The molecule has 1 aliphatic heterocycles. The summed E-state index contributed by atoms with van der Waals surface area (Å²) in [6.07, 6.45) is 1.24. The van der Waals surface area contributed by atoms with E-state index in [1.54, 1.807) is 6.07 Å². The topological polar surface area (TPSA) is 61.8 Å². The van der Waals surface area contributed by atoms with Crippen molar-refractivity contribution in [2.75, 3.05) is 13.1 Å². The summed E-state index contributed by atoms with van der Waals surface area (Å²) in [5.41, 5.74) is 7.29. The van der Waals surface area contributed by atoms with E-state index >= 15 is 0 Å². The third kappa shape index (κ3) is 3.44. The van der Waals surface area contributed by atoms with Gasteiger partial charge in [-0.05, 0) is 36.4 Å². The molecular weight excluding hydrogens is 274 g/mol. The van der Waals surface area contributed by atoms with E-state index in [4.69, 9.17) is 22.5 Å². The molecule has 0 bridgehead atoms. The van der Waals surface area contributed by atoms with Crippen molar-refractivity contribution in [2.24, 2.45) is 22.7 Å². The molecule has 5 heteroatoms. The van der Waals surface area contributed by atoms with Crippen LogP contribution in [0.15, 0.2) is 23.4 Å². The van der Waals surface area contributed by atoms with Crippen LogP contribution in [0, 0.1) is 11.8 Å². The highest BCUT2D eigenvalue weighted by Gasteiger charge is 2.23. The number of nitrogens with zero attached hydrogens (tertiary/aromatic N) is 2. The van der Waals surface area contributed by atoms with Crippen LogP contribution in [0.5, 0.6) is 0 Å². The van der Waals surface area contributed by atoms with E-state index in [9.17, 15) is 0 Å². The number of amidine groups is 1. The van der Waals surface area contributed by atoms with Crippen molar-refractivity contribution in [3.63, 3.8) is 0 Å². The lowest BCUT2D eigenvalue weighted by Crippen LogP contribution is -2.37. The van der Waals surface area contributed by atoms with E-state index < -0.39 is 0 Å². The summed E-state index contributed by atoms with van der Waals surface area (Å²) in [4.78, 5) is 2.44. The predicted molar refractivity (Wildman–Crippen MR) is 82.2 cm³/mol. The van der Waals surface area contributed by atoms with Crippen LogP contribution < -0.4 is 5.73 Å². The van der Waals surface area contributed by atoms with Crippen molar-refractivity contribution in [2.45, 2.75) is 26.8 Å².